The predicted octanol–water partition coefficient (Wildman–Crippen LogP) is 2.07. The van der Waals surface area contributed by atoms with E-state index < -0.39 is 29.9 Å². The van der Waals surface area contributed by atoms with Gasteiger partial charge in [0.15, 0.2) is 6.04 Å². The van der Waals surface area contributed by atoms with Gasteiger partial charge in [-0.1, -0.05) is 42.5 Å². The van der Waals surface area contributed by atoms with Crippen molar-refractivity contribution >= 4 is 52.1 Å². The second-order valence-electron chi connectivity index (χ2n) is 8.85. The van der Waals surface area contributed by atoms with E-state index >= 15 is 0 Å². The van der Waals surface area contributed by atoms with Gasteiger partial charge in [0, 0.05) is 31.0 Å². The zero-order valence-electron chi connectivity index (χ0n) is 20.3. The topological polar surface area (TPSA) is 105 Å². The van der Waals surface area contributed by atoms with Crippen molar-refractivity contribution in [3.05, 3.63) is 48.0 Å². The summed E-state index contributed by atoms with van der Waals surface area (Å²) in [6.07, 6.45) is -0.793. The van der Waals surface area contributed by atoms with Gasteiger partial charge in [0.05, 0.1) is 30.8 Å². The van der Waals surface area contributed by atoms with Crippen LogP contribution in [0.25, 0.3) is 10.8 Å². The second-order valence-corrected chi connectivity index (χ2v) is 11.6. The number of hydrogen-bond donors (Lipinski definition) is 2. The van der Waals surface area contributed by atoms with Crippen LogP contribution in [0.1, 0.15) is 12.0 Å². The SMILES string of the molecule is COC(=O)[C@@H](NC(=O)[C@@H](CC(=O)N1CCOCC1)Cc1cccc2ccccc12)[C@H](O)C1SCCS1. The number of nitrogens with zero attached hydrogens (tertiary/aromatic N) is 1. The smallest absolute Gasteiger partial charge is 0.331 e. The molecule has 0 saturated carbocycles. The van der Waals surface area contributed by atoms with Crippen molar-refractivity contribution in [1.29, 1.82) is 0 Å². The molecule has 2 fully saturated rings. The second kappa shape index (κ2) is 12.8. The van der Waals surface area contributed by atoms with E-state index in [4.69, 9.17) is 9.47 Å². The average Bonchev–Trinajstić information content (AvgIpc) is 3.46. The summed E-state index contributed by atoms with van der Waals surface area (Å²) in [6, 6.07) is 12.6. The van der Waals surface area contributed by atoms with Gasteiger partial charge in [0.1, 0.15) is 6.10 Å². The molecule has 3 atom stereocenters. The van der Waals surface area contributed by atoms with Crippen molar-refractivity contribution in [2.24, 2.45) is 5.92 Å². The number of esters is 1. The summed E-state index contributed by atoms with van der Waals surface area (Å²) >= 11 is 3.11. The summed E-state index contributed by atoms with van der Waals surface area (Å²) < 4.78 is 10.0. The molecular formula is C26H32N2O6S2. The highest BCUT2D eigenvalue weighted by atomic mass is 32.2. The summed E-state index contributed by atoms with van der Waals surface area (Å²) in [4.78, 5) is 41.0. The monoisotopic (exact) mass is 532 g/mol. The molecule has 2 aromatic rings. The normalized spacial score (nSPS) is 19.0. The van der Waals surface area contributed by atoms with E-state index in [-0.39, 0.29) is 16.9 Å². The number of rotatable bonds is 9. The molecule has 0 aromatic heterocycles. The van der Waals surface area contributed by atoms with E-state index in [1.54, 1.807) is 28.4 Å². The van der Waals surface area contributed by atoms with E-state index in [2.05, 4.69) is 5.32 Å². The molecule has 2 saturated heterocycles. The highest BCUT2D eigenvalue weighted by Gasteiger charge is 2.39. The number of carbonyl (C=O) groups is 3. The van der Waals surface area contributed by atoms with Gasteiger partial charge in [-0.25, -0.2) is 4.79 Å². The summed E-state index contributed by atoms with van der Waals surface area (Å²) in [6.45, 7) is 1.92. The number of aliphatic hydroxyl groups is 1. The van der Waals surface area contributed by atoms with Gasteiger partial charge in [-0.15, -0.1) is 23.5 Å². The van der Waals surface area contributed by atoms with Crippen LogP contribution in [-0.2, 0) is 30.3 Å². The van der Waals surface area contributed by atoms with Crippen LogP contribution in [0.4, 0.5) is 0 Å². The summed E-state index contributed by atoms with van der Waals surface area (Å²) in [7, 11) is 1.23. The molecule has 10 heteroatoms. The number of methoxy groups -OCH3 is 1. The van der Waals surface area contributed by atoms with E-state index in [9.17, 15) is 19.5 Å². The van der Waals surface area contributed by atoms with Crippen molar-refractivity contribution in [2.75, 3.05) is 44.9 Å². The van der Waals surface area contributed by atoms with Crippen molar-refractivity contribution in [2.45, 2.75) is 29.6 Å². The first-order valence-electron chi connectivity index (χ1n) is 12.1. The maximum absolute atomic E-state index is 13.6. The minimum Gasteiger partial charge on any atom is -0.467 e. The van der Waals surface area contributed by atoms with Crippen LogP contribution in [0.5, 0.6) is 0 Å². The van der Waals surface area contributed by atoms with Crippen LogP contribution < -0.4 is 5.32 Å². The van der Waals surface area contributed by atoms with E-state index in [0.29, 0.717) is 32.7 Å². The summed E-state index contributed by atoms with van der Waals surface area (Å²) in [5, 5.41) is 15.7. The summed E-state index contributed by atoms with van der Waals surface area (Å²) in [5.74, 6) is -0.276. The van der Waals surface area contributed by atoms with Crippen LogP contribution in [0.15, 0.2) is 42.5 Å². The van der Waals surface area contributed by atoms with Gasteiger partial charge >= 0.3 is 5.97 Å². The Hall–Kier alpha value is -2.27. The van der Waals surface area contributed by atoms with Gasteiger partial charge < -0.3 is 24.8 Å². The molecule has 194 valence electrons. The van der Waals surface area contributed by atoms with Crippen molar-refractivity contribution in [1.82, 2.24) is 10.2 Å². The third-order valence-corrected chi connectivity index (χ3v) is 9.69. The van der Waals surface area contributed by atoms with E-state index in [1.807, 2.05) is 42.5 Å². The Kier molecular flexibility index (Phi) is 9.53. The molecule has 2 N–H and O–H groups in total. The van der Waals surface area contributed by atoms with Crippen molar-refractivity contribution in [3.8, 4) is 0 Å². The average molecular weight is 533 g/mol. The molecule has 0 unspecified atom stereocenters. The highest BCUT2D eigenvalue weighted by Crippen LogP contribution is 2.35. The number of amides is 2. The van der Waals surface area contributed by atoms with Gasteiger partial charge in [-0.2, -0.15) is 0 Å². The van der Waals surface area contributed by atoms with Crippen molar-refractivity contribution < 1.29 is 29.0 Å². The Labute approximate surface area is 219 Å². The fraction of sp³-hybridized carbons (Fsp3) is 0.500. The van der Waals surface area contributed by atoms with Gasteiger partial charge in [-0.05, 0) is 22.8 Å². The third kappa shape index (κ3) is 6.53. The molecule has 2 aliphatic rings. The number of hydrogen-bond acceptors (Lipinski definition) is 8. The van der Waals surface area contributed by atoms with Crippen LogP contribution in [0.2, 0.25) is 0 Å². The molecule has 0 aliphatic carbocycles. The number of benzene rings is 2. The van der Waals surface area contributed by atoms with Gasteiger partial charge in [0.25, 0.3) is 0 Å². The number of ether oxygens (including phenoxy) is 2. The largest absolute Gasteiger partial charge is 0.467 e. The number of fused-ring (bicyclic) bond motifs is 1. The zero-order valence-corrected chi connectivity index (χ0v) is 21.9. The molecule has 2 amide bonds. The molecule has 0 bridgehead atoms. The zero-order chi connectivity index (χ0) is 25.5. The minimum atomic E-state index is -1.21. The van der Waals surface area contributed by atoms with E-state index in [1.165, 1.54) is 7.11 Å². The first-order valence-corrected chi connectivity index (χ1v) is 14.2. The van der Waals surface area contributed by atoms with Gasteiger partial charge in [-0.3, -0.25) is 9.59 Å². The standard InChI is InChI=1S/C26H32N2O6S2/c1-33-25(32)22(23(30)26-35-13-14-36-26)27-24(31)19(16-21(29)28-9-11-34-12-10-28)15-18-7-4-6-17-5-2-3-8-20(17)18/h2-8,19,22-23,26,30H,9-16H2,1H3,(H,27,31)/t19-,22+,23+/m1/s1. The first kappa shape index (κ1) is 26.8. The fourth-order valence-corrected chi connectivity index (χ4v) is 7.46. The lowest BCUT2D eigenvalue weighted by Gasteiger charge is -2.30. The molecule has 0 radical (unpaired) electrons. The molecule has 8 nitrogen and oxygen atoms in total. The fourth-order valence-electron chi connectivity index (χ4n) is 4.56. The predicted molar refractivity (Wildman–Crippen MR) is 142 cm³/mol. The Morgan fingerprint density at radius 3 is 2.53 bits per heavy atom. The molecular weight excluding hydrogens is 500 g/mol. The quantitative estimate of drug-likeness (QED) is 0.473. The van der Waals surface area contributed by atoms with Gasteiger partial charge in [0.2, 0.25) is 11.8 Å². The number of aliphatic hydroxyl groups excluding tert-OH is 1. The number of nitrogens with one attached hydrogen (secondary N) is 1. The highest BCUT2D eigenvalue weighted by molar-refractivity contribution is 8.20. The molecule has 4 rings (SSSR count). The number of morpholine rings is 1. The third-order valence-electron chi connectivity index (χ3n) is 6.52. The van der Waals surface area contributed by atoms with Crippen LogP contribution >= 0.6 is 23.5 Å². The Morgan fingerprint density at radius 1 is 1.11 bits per heavy atom. The molecule has 2 aromatic carbocycles. The van der Waals surface area contributed by atoms with E-state index in [0.717, 1.165) is 27.8 Å². The van der Waals surface area contributed by atoms with Crippen LogP contribution in [-0.4, -0.2) is 89.4 Å². The lowest BCUT2D eigenvalue weighted by molar-refractivity contribution is -0.149. The minimum absolute atomic E-state index is 0.00797. The first-order chi connectivity index (χ1) is 17.5. The molecule has 36 heavy (non-hydrogen) atoms. The Morgan fingerprint density at radius 2 is 1.81 bits per heavy atom. The Bertz CT molecular complexity index is 1070. The van der Waals surface area contributed by atoms with Crippen molar-refractivity contribution in [3.63, 3.8) is 0 Å². The number of carbonyl (C=O) groups excluding carboxylic acids is 3. The number of thioether (sulfide) groups is 2. The molecule has 0 spiro atoms. The Balaban J connectivity index is 1.57. The summed E-state index contributed by atoms with van der Waals surface area (Å²) in [5.41, 5.74) is 0.945. The molecule has 2 aliphatic heterocycles. The lowest BCUT2D eigenvalue weighted by atomic mass is 9.91. The maximum atomic E-state index is 13.6. The van der Waals surface area contributed by atoms with Crippen LogP contribution in [0.3, 0.4) is 0 Å². The lowest BCUT2D eigenvalue weighted by Crippen LogP contribution is -2.54. The maximum Gasteiger partial charge on any atom is 0.331 e. The molecule has 2 heterocycles. The van der Waals surface area contributed by atoms with Crippen LogP contribution in [0, 0.1) is 5.92 Å².